The minimum Gasteiger partial charge on any atom is -0.375 e. The number of carbonyl (C=O) groups is 1. The van der Waals surface area contributed by atoms with Gasteiger partial charge >= 0.3 is 0 Å². The second kappa shape index (κ2) is 4.04. The molecule has 0 N–H and O–H groups in total. The van der Waals surface area contributed by atoms with Crippen molar-refractivity contribution in [3.05, 3.63) is 0 Å². The molecular formula is C10H18O2. The molecule has 2 nitrogen and oxygen atoms in total. The molecule has 0 saturated carbocycles. The molecule has 1 unspecified atom stereocenters. The van der Waals surface area contributed by atoms with Crippen molar-refractivity contribution in [1.82, 2.24) is 0 Å². The van der Waals surface area contributed by atoms with E-state index in [2.05, 4.69) is 13.8 Å². The van der Waals surface area contributed by atoms with Crippen LogP contribution in [0.1, 0.15) is 39.5 Å². The summed E-state index contributed by atoms with van der Waals surface area (Å²) in [6.45, 7) is 5.03. The topological polar surface area (TPSA) is 26.3 Å². The van der Waals surface area contributed by atoms with E-state index in [9.17, 15) is 4.79 Å². The second-order valence-electron chi connectivity index (χ2n) is 3.63. The van der Waals surface area contributed by atoms with Crippen molar-refractivity contribution < 1.29 is 9.53 Å². The summed E-state index contributed by atoms with van der Waals surface area (Å²) in [6, 6.07) is 0. The molecule has 1 fully saturated rings. The Hall–Kier alpha value is -0.370. The van der Waals surface area contributed by atoms with Crippen LogP contribution in [-0.4, -0.2) is 18.5 Å². The van der Waals surface area contributed by atoms with Crippen molar-refractivity contribution in [1.29, 1.82) is 0 Å². The van der Waals surface area contributed by atoms with Crippen molar-refractivity contribution in [3.8, 4) is 0 Å². The summed E-state index contributed by atoms with van der Waals surface area (Å²) in [7, 11) is 0. The smallest absolute Gasteiger partial charge is 0.123 e. The molecule has 1 saturated heterocycles. The van der Waals surface area contributed by atoms with Crippen LogP contribution in [0.25, 0.3) is 0 Å². The fraction of sp³-hybridized carbons (Fsp3) is 0.900. The first-order chi connectivity index (χ1) is 5.76. The highest BCUT2D eigenvalue weighted by Gasteiger charge is 2.33. The van der Waals surface area contributed by atoms with Crippen LogP contribution >= 0.6 is 0 Å². The Morgan fingerprint density at radius 2 is 2.17 bits per heavy atom. The number of hydrogen-bond acceptors (Lipinski definition) is 2. The van der Waals surface area contributed by atoms with Crippen LogP contribution in [0.3, 0.4) is 0 Å². The SMILES string of the molecule is CCC1(CC)CC(C=O)CCO1. The van der Waals surface area contributed by atoms with E-state index >= 15 is 0 Å². The summed E-state index contributed by atoms with van der Waals surface area (Å²) >= 11 is 0. The molecule has 0 radical (unpaired) electrons. The van der Waals surface area contributed by atoms with Crippen LogP contribution in [0, 0.1) is 5.92 Å². The first-order valence-corrected chi connectivity index (χ1v) is 4.85. The Bertz CT molecular complexity index is 150. The van der Waals surface area contributed by atoms with Crippen LogP contribution in [0.4, 0.5) is 0 Å². The van der Waals surface area contributed by atoms with Crippen LogP contribution < -0.4 is 0 Å². The van der Waals surface area contributed by atoms with Crippen LogP contribution in [0.15, 0.2) is 0 Å². The normalized spacial score (nSPS) is 28.3. The van der Waals surface area contributed by atoms with Gasteiger partial charge in [-0.1, -0.05) is 13.8 Å². The zero-order chi connectivity index (χ0) is 9.03. The lowest BCUT2D eigenvalue weighted by molar-refractivity contribution is -0.128. The molecule has 0 aromatic rings. The van der Waals surface area contributed by atoms with Crippen LogP contribution in [-0.2, 0) is 9.53 Å². The minimum atomic E-state index is 0.00380. The Kier molecular flexibility index (Phi) is 3.27. The molecule has 12 heavy (non-hydrogen) atoms. The molecule has 1 aliphatic rings. The van der Waals surface area contributed by atoms with E-state index in [1.54, 1.807) is 0 Å². The molecule has 0 spiro atoms. The lowest BCUT2D eigenvalue weighted by Gasteiger charge is -2.38. The number of rotatable bonds is 3. The summed E-state index contributed by atoms with van der Waals surface area (Å²) in [6.07, 6.45) is 4.96. The molecule has 1 heterocycles. The molecule has 0 amide bonds. The Labute approximate surface area is 74.3 Å². The standard InChI is InChI=1S/C10H18O2/c1-3-10(4-2)7-9(8-11)5-6-12-10/h8-9H,3-7H2,1-2H3. The van der Waals surface area contributed by atoms with Crippen molar-refractivity contribution in [3.63, 3.8) is 0 Å². The van der Waals surface area contributed by atoms with E-state index in [1.165, 1.54) is 0 Å². The quantitative estimate of drug-likeness (QED) is 0.607. The average molecular weight is 170 g/mol. The highest BCUT2D eigenvalue weighted by molar-refractivity contribution is 5.53. The van der Waals surface area contributed by atoms with E-state index in [-0.39, 0.29) is 11.5 Å². The molecule has 0 aliphatic carbocycles. The van der Waals surface area contributed by atoms with Gasteiger partial charge in [0.05, 0.1) is 5.60 Å². The van der Waals surface area contributed by atoms with E-state index in [4.69, 9.17) is 4.74 Å². The van der Waals surface area contributed by atoms with Crippen LogP contribution in [0.5, 0.6) is 0 Å². The first kappa shape index (κ1) is 9.72. The van der Waals surface area contributed by atoms with Crippen LogP contribution in [0.2, 0.25) is 0 Å². The average Bonchev–Trinajstić information content (AvgIpc) is 2.18. The van der Waals surface area contributed by atoms with Crippen molar-refractivity contribution in [2.45, 2.75) is 45.1 Å². The maximum Gasteiger partial charge on any atom is 0.123 e. The molecular weight excluding hydrogens is 152 g/mol. The third kappa shape index (κ3) is 1.86. The number of hydrogen-bond donors (Lipinski definition) is 0. The fourth-order valence-corrected chi connectivity index (χ4v) is 1.92. The molecule has 2 heteroatoms. The first-order valence-electron chi connectivity index (χ1n) is 4.85. The molecule has 0 bridgehead atoms. The third-order valence-corrected chi connectivity index (χ3v) is 3.01. The monoisotopic (exact) mass is 170 g/mol. The molecule has 1 aliphatic heterocycles. The maximum absolute atomic E-state index is 10.6. The van der Waals surface area contributed by atoms with Gasteiger partial charge in [0.2, 0.25) is 0 Å². The van der Waals surface area contributed by atoms with Gasteiger partial charge in [-0.15, -0.1) is 0 Å². The molecule has 1 atom stereocenters. The number of aldehydes is 1. The zero-order valence-electron chi connectivity index (χ0n) is 8.01. The molecule has 70 valence electrons. The van der Waals surface area contributed by atoms with Gasteiger partial charge in [0.15, 0.2) is 0 Å². The predicted octanol–water partition coefficient (Wildman–Crippen LogP) is 2.17. The Morgan fingerprint density at radius 1 is 1.50 bits per heavy atom. The fourth-order valence-electron chi connectivity index (χ4n) is 1.92. The van der Waals surface area contributed by atoms with Gasteiger partial charge in [-0.25, -0.2) is 0 Å². The van der Waals surface area contributed by atoms with Gasteiger partial charge in [0, 0.05) is 12.5 Å². The maximum atomic E-state index is 10.6. The summed E-state index contributed by atoms with van der Waals surface area (Å²) in [5.41, 5.74) is 0.00380. The van der Waals surface area contributed by atoms with Gasteiger partial charge in [-0.3, -0.25) is 0 Å². The Morgan fingerprint density at radius 3 is 2.67 bits per heavy atom. The lowest BCUT2D eigenvalue weighted by atomic mass is 9.83. The number of ether oxygens (including phenoxy) is 1. The van der Waals surface area contributed by atoms with E-state index in [0.29, 0.717) is 0 Å². The highest BCUT2D eigenvalue weighted by Crippen LogP contribution is 2.33. The summed E-state index contributed by atoms with van der Waals surface area (Å²) in [4.78, 5) is 10.6. The van der Waals surface area contributed by atoms with E-state index < -0.39 is 0 Å². The van der Waals surface area contributed by atoms with E-state index in [1.807, 2.05) is 0 Å². The van der Waals surface area contributed by atoms with Gasteiger partial charge in [0.1, 0.15) is 6.29 Å². The number of carbonyl (C=O) groups excluding carboxylic acids is 1. The van der Waals surface area contributed by atoms with Gasteiger partial charge < -0.3 is 9.53 Å². The van der Waals surface area contributed by atoms with E-state index in [0.717, 1.165) is 38.6 Å². The lowest BCUT2D eigenvalue weighted by Crippen LogP contribution is -2.39. The minimum absolute atomic E-state index is 0.00380. The summed E-state index contributed by atoms with van der Waals surface area (Å²) in [5.74, 6) is 0.235. The zero-order valence-corrected chi connectivity index (χ0v) is 8.01. The van der Waals surface area contributed by atoms with Gasteiger partial charge in [-0.2, -0.15) is 0 Å². The van der Waals surface area contributed by atoms with Gasteiger partial charge in [-0.05, 0) is 25.7 Å². The largest absolute Gasteiger partial charge is 0.375 e. The highest BCUT2D eigenvalue weighted by atomic mass is 16.5. The third-order valence-electron chi connectivity index (χ3n) is 3.01. The molecule has 1 rings (SSSR count). The molecule has 0 aromatic heterocycles. The summed E-state index contributed by atoms with van der Waals surface area (Å²) in [5, 5.41) is 0. The van der Waals surface area contributed by atoms with Crippen molar-refractivity contribution >= 4 is 6.29 Å². The summed E-state index contributed by atoms with van der Waals surface area (Å²) < 4.78 is 5.74. The molecule has 0 aromatic carbocycles. The second-order valence-corrected chi connectivity index (χ2v) is 3.63. The Balaban J connectivity index is 2.58. The van der Waals surface area contributed by atoms with Crippen molar-refractivity contribution in [2.75, 3.05) is 6.61 Å². The van der Waals surface area contributed by atoms with Crippen molar-refractivity contribution in [2.24, 2.45) is 5.92 Å². The van der Waals surface area contributed by atoms with Gasteiger partial charge in [0.25, 0.3) is 0 Å². The predicted molar refractivity (Wildman–Crippen MR) is 48.1 cm³/mol.